The van der Waals surface area contributed by atoms with Gasteiger partial charge in [-0.15, -0.1) is 0 Å². The fraction of sp³-hybridized carbons (Fsp3) is 0.476. The molecule has 1 amide bonds. The fourth-order valence-electron chi connectivity index (χ4n) is 3.66. The Hall–Kier alpha value is -2.16. The van der Waals surface area contributed by atoms with Crippen molar-refractivity contribution in [1.82, 2.24) is 9.62 Å². The van der Waals surface area contributed by atoms with Gasteiger partial charge in [0.15, 0.2) is 0 Å². The van der Waals surface area contributed by atoms with E-state index >= 15 is 0 Å². The van der Waals surface area contributed by atoms with Gasteiger partial charge in [0.25, 0.3) is 0 Å². The first kappa shape index (κ1) is 21.5. The van der Waals surface area contributed by atoms with Crippen molar-refractivity contribution in [3.63, 3.8) is 0 Å². The van der Waals surface area contributed by atoms with Crippen LogP contribution in [0.4, 0.5) is 5.69 Å². The molecule has 1 aromatic carbocycles. The second kappa shape index (κ2) is 9.11. The van der Waals surface area contributed by atoms with Gasteiger partial charge in [0.05, 0.1) is 4.90 Å². The summed E-state index contributed by atoms with van der Waals surface area (Å²) in [6, 6.07) is 8.28. The third-order valence-corrected chi connectivity index (χ3v) is 6.73. The zero-order valence-corrected chi connectivity index (χ0v) is 18.0. The molecule has 2 N–H and O–H groups in total. The van der Waals surface area contributed by atoms with Crippen molar-refractivity contribution in [3.05, 3.63) is 47.4 Å². The van der Waals surface area contributed by atoms with Gasteiger partial charge in [-0.1, -0.05) is 0 Å². The zero-order chi connectivity index (χ0) is 21.0. The van der Waals surface area contributed by atoms with E-state index in [1.165, 1.54) is 24.6 Å². The Bertz CT molecular complexity index is 943. The van der Waals surface area contributed by atoms with Crippen LogP contribution in [0.2, 0.25) is 0 Å². The summed E-state index contributed by atoms with van der Waals surface area (Å²) >= 11 is 0. The lowest BCUT2D eigenvalue weighted by Gasteiger charge is -2.31. The Morgan fingerprint density at radius 2 is 1.83 bits per heavy atom. The van der Waals surface area contributed by atoms with E-state index in [0.717, 1.165) is 44.0 Å². The van der Waals surface area contributed by atoms with Crippen LogP contribution in [-0.4, -0.2) is 38.9 Å². The maximum absolute atomic E-state index is 12.5. The number of nitrogens with zero attached hydrogens (tertiary/aromatic N) is 1. The van der Waals surface area contributed by atoms with E-state index < -0.39 is 10.0 Å². The molecule has 1 fully saturated rings. The predicted molar refractivity (Wildman–Crippen MR) is 112 cm³/mol. The molecule has 0 aliphatic carbocycles. The number of piperidine rings is 1. The Labute approximate surface area is 172 Å². The number of furan rings is 1. The van der Waals surface area contributed by atoms with Crippen molar-refractivity contribution < 1.29 is 17.6 Å². The van der Waals surface area contributed by atoms with Crippen LogP contribution in [-0.2, 0) is 21.4 Å². The number of nitrogens with one attached hydrogen (secondary N) is 2. The first-order chi connectivity index (χ1) is 13.7. The number of carbonyl (C=O) groups is 1. The minimum absolute atomic E-state index is 0.192. The fourth-order valence-corrected chi connectivity index (χ4v) is 4.78. The summed E-state index contributed by atoms with van der Waals surface area (Å²) in [6.07, 6.45) is 1.92. The SMILES string of the molecule is CC(=O)Nc1ccc(S(=O)(=O)NCC2CCN(Cc3cc(C)oc3C)CC2)cc1. The van der Waals surface area contributed by atoms with Crippen molar-refractivity contribution in [2.24, 2.45) is 5.92 Å². The first-order valence-corrected chi connectivity index (χ1v) is 11.4. The van der Waals surface area contributed by atoms with Crippen LogP contribution in [0.1, 0.15) is 36.8 Å². The Kier molecular flexibility index (Phi) is 6.77. The highest BCUT2D eigenvalue weighted by Gasteiger charge is 2.23. The molecule has 29 heavy (non-hydrogen) atoms. The number of amides is 1. The number of carbonyl (C=O) groups excluding carboxylic acids is 1. The minimum Gasteiger partial charge on any atom is -0.466 e. The van der Waals surface area contributed by atoms with Gasteiger partial charge in [-0.2, -0.15) is 0 Å². The van der Waals surface area contributed by atoms with Gasteiger partial charge < -0.3 is 9.73 Å². The summed E-state index contributed by atoms with van der Waals surface area (Å²) in [5.41, 5.74) is 1.80. The number of likely N-dealkylation sites (tertiary alicyclic amines) is 1. The quantitative estimate of drug-likeness (QED) is 0.720. The number of anilines is 1. The first-order valence-electron chi connectivity index (χ1n) is 9.88. The standard InChI is InChI=1S/C21H29N3O4S/c1-15-12-19(16(2)28-15)14-24-10-8-18(9-11-24)13-22-29(26,27)21-6-4-20(5-7-21)23-17(3)25/h4-7,12,18,22H,8-11,13-14H2,1-3H3,(H,23,25). The van der Waals surface area contributed by atoms with Gasteiger partial charge in [-0.3, -0.25) is 9.69 Å². The molecule has 7 nitrogen and oxygen atoms in total. The molecule has 2 aromatic rings. The summed E-state index contributed by atoms with van der Waals surface area (Å²) in [5, 5.41) is 2.63. The van der Waals surface area contributed by atoms with E-state index in [4.69, 9.17) is 4.42 Å². The van der Waals surface area contributed by atoms with Crippen LogP contribution < -0.4 is 10.0 Å². The number of hydrogen-bond donors (Lipinski definition) is 2. The molecule has 0 radical (unpaired) electrons. The second-order valence-corrected chi connectivity index (χ2v) is 9.48. The highest BCUT2D eigenvalue weighted by molar-refractivity contribution is 7.89. The molecular weight excluding hydrogens is 390 g/mol. The summed E-state index contributed by atoms with van der Waals surface area (Å²) < 4.78 is 33.4. The van der Waals surface area contributed by atoms with Crippen molar-refractivity contribution >= 4 is 21.6 Å². The number of rotatable bonds is 7. The number of aryl methyl sites for hydroxylation is 2. The van der Waals surface area contributed by atoms with Crippen molar-refractivity contribution in [3.8, 4) is 0 Å². The third kappa shape index (κ3) is 5.91. The number of hydrogen-bond acceptors (Lipinski definition) is 5. The van der Waals surface area contributed by atoms with E-state index in [1.807, 2.05) is 13.8 Å². The number of benzene rings is 1. The number of sulfonamides is 1. The Balaban J connectivity index is 1.48. The predicted octanol–water partition coefficient (Wildman–Crippen LogP) is 3.05. The van der Waals surface area contributed by atoms with Crippen LogP contribution in [0, 0.1) is 19.8 Å². The van der Waals surface area contributed by atoms with Crippen molar-refractivity contribution in [2.45, 2.75) is 45.1 Å². The average Bonchev–Trinajstić information content (AvgIpc) is 2.98. The normalized spacial score (nSPS) is 16.1. The summed E-state index contributed by atoms with van der Waals surface area (Å²) in [7, 11) is -3.56. The molecule has 1 aliphatic heterocycles. The second-order valence-electron chi connectivity index (χ2n) is 7.72. The Morgan fingerprint density at radius 3 is 2.38 bits per heavy atom. The molecule has 0 unspecified atom stereocenters. The molecule has 3 rings (SSSR count). The summed E-state index contributed by atoms with van der Waals surface area (Å²) in [6.45, 7) is 8.57. The topological polar surface area (TPSA) is 91.6 Å². The monoisotopic (exact) mass is 419 g/mol. The van der Waals surface area contributed by atoms with Gasteiger partial charge in [-0.25, -0.2) is 13.1 Å². The highest BCUT2D eigenvalue weighted by atomic mass is 32.2. The lowest BCUT2D eigenvalue weighted by molar-refractivity contribution is -0.114. The lowest BCUT2D eigenvalue weighted by Crippen LogP contribution is -2.38. The van der Waals surface area contributed by atoms with Crippen molar-refractivity contribution in [2.75, 3.05) is 25.0 Å². The molecule has 1 aliphatic rings. The van der Waals surface area contributed by atoms with Crippen molar-refractivity contribution in [1.29, 1.82) is 0 Å². The zero-order valence-electron chi connectivity index (χ0n) is 17.2. The van der Waals surface area contributed by atoms with E-state index in [-0.39, 0.29) is 10.8 Å². The minimum atomic E-state index is -3.56. The summed E-state index contributed by atoms with van der Waals surface area (Å²) in [4.78, 5) is 13.7. The van der Waals surface area contributed by atoms with Gasteiger partial charge >= 0.3 is 0 Å². The molecule has 2 heterocycles. The van der Waals surface area contributed by atoms with E-state index in [9.17, 15) is 13.2 Å². The maximum Gasteiger partial charge on any atom is 0.240 e. The van der Waals surface area contributed by atoms with Crippen LogP contribution in [0.5, 0.6) is 0 Å². The molecule has 1 saturated heterocycles. The Morgan fingerprint density at radius 1 is 1.17 bits per heavy atom. The molecule has 0 spiro atoms. The van der Waals surface area contributed by atoms with Gasteiger partial charge in [0.1, 0.15) is 11.5 Å². The van der Waals surface area contributed by atoms with Crippen LogP contribution >= 0.6 is 0 Å². The molecule has 8 heteroatoms. The van der Waals surface area contributed by atoms with E-state index in [1.54, 1.807) is 12.1 Å². The smallest absolute Gasteiger partial charge is 0.240 e. The third-order valence-electron chi connectivity index (χ3n) is 5.29. The molecule has 158 valence electrons. The molecule has 0 saturated carbocycles. The largest absolute Gasteiger partial charge is 0.466 e. The van der Waals surface area contributed by atoms with Gasteiger partial charge in [0, 0.05) is 31.3 Å². The molecule has 1 aromatic heterocycles. The van der Waals surface area contributed by atoms with Crippen LogP contribution in [0.15, 0.2) is 39.6 Å². The van der Waals surface area contributed by atoms with E-state index in [2.05, 4.69) is 21.0 Å². The maximum atomic E-state index is 12.5. The molecular formula is C21H29N3O4S. The molecule has 0 atom stereocenters. The summed E-state index contributed by atoms with van der Waals surface area (Å²) in [5.74, 6) is 2.05. The average molecular weight is 420 g/mol. The lowest BCUT2D eigenvalue weighted by atomic mass is 9.97. The van der Waals surface area contributed by atoms with Crippen LogP contribution in [0.25, 0.3) is 0 Å². The van der Waals surface area contributed by atoms with Crippen LogP contribution in [0.3, 0.4) is 0 Å². The van der Waals surface area contributed by atoms with Gasteiger partial charge in [-0.05, 0) is 76.0 Å². The van der Waals surface area contributed by atoms with E-state index in [0.29, 0.717) is 18.2 Å². The van der Waals surface area contributed by atoms with Gasteiger partial charge in [0.2, 0.25) is 15.9 Å². The highest BCUT2D eigenvalue weighted by Crippen LogP contribution is 2.22. The molecule has 0 bridgehead atoms.